The smallest absolute Gasteiger partial charge is 0.237 e. The molecule has 0 aliphatic heterocycles. The van der Waals surface area contributed by atoms with Crippen molar-refractivity contribution in [1.29, 1.82) is 0 Å². The number of nitrogens with one attached hydrogen (secondary N) is 1. The van der Waals surface area contributed by atoms with Gasteiger partial charge in [-0.3, -0.25) is 9.36 Å². The highest BCUT2D eigenvalue weighted by atomic mass is 35.5. The molecule has 0 spiro atoms. The van der Waals surface area contributed by atoms with Gasteiger partial charge in [-0.25, -0.2) is 4.98 Å². The molecule has 0 bridgehead atoms. The SMILES string of the molecule is Cc1ccccc1-n1c(C)nnc1SC(C)C(=O)Nc1cccnc1Cl. The van der Waals surface area contributed by atoms with Crippen LogP contribution in [0.3, 0.4) is 0 Å². The number of nitrogens with zero attached hydrogens (tertiary/aromatic N) is 4. The highest BCUT2D eigenvalue weighted by molar-refractivity contribution is 8.00. The number of hydrogen-bond acceptors (Lipinski definition) is 5. The normalized spacial score (nSPS) is 12.0. The van der Waals surface area contributed by atoms with E-state index in [-0.39, 0.29) is 11.1 Å². The summed E-state index contributed by atoms with van der Waals surface area (Å²) in [6, 6.07) is 11.4. The standard InChI is InChI=1S/C18H18ClN5OS/c1-11-7-4-5-9-15(11)24-13(3)22-23-18(24)26-12(2)17(25)21-14-8-6-10-20-16(14)19/h4-10,12H,1-3H3,(H,21,25). The van der Waals surface area contributed by atoms with Crippen LogP contribution < -0.4 is 5.32 Å². The predicted octanol–water partition coefficient (Wildman–Crippen LogP) is 4.05. The third-order valence-corrected chi connectivity index (χ3v) is 5.16. The van der Waals surface area contributed by atoms with Gasteiger partial charge in [0.05, 0.1) is 16.6 Å². The van der Waals surface area contributed by atoms with Gasteiger partial charge in [0.25, 0.3) is 0 Å². The molecule has 1 aromatic carbocycles. The van der Waals surface area contributed by atoms with Gasteiger partial charge in [-0.2, -0.15) is 0 Å². The Labute approximate surface area is 161 Å². The van der Waals surface area contributed by atoms with Gasteiger partial charge in [0.2, 0.25) is 5.91 Å². The molecule has 6 nitrogen and oxygen atoms in total. The lowest BCUT2D eigenvalue weighted by molar-refractivity contribution is -0.115. The fraction of sp³-hybridized carbons (Fsp3) is 0.222. The van der Waals surface area contributed by atoms with Crippen molar-refractivity contribution >= 4 is 35.0 Å². The first-order valence-corrected chi connectivity index (χ1v) is 9.29. The summed E-state index contributed by atoms with van der Waals surface area (Å²) in [5.74, 6) is 0.589. The molecule has 0 aliphatic rings. The molecular weight excluding hydrogens is 370 g/mol. The summed E-state index contributed by atoms with van der Waals surface area (Å²) in [5, 5.41) is 11.7. The van der Waals surface area contributed by atoms with E-state index in [1.165, 1.54) is 11.8 Å². The first-order chi connectivity index (χ1) is 12.5. The van der Waals surface area contributed by atoms with E-state index in [0.717, 1.165) is 17.1 Å². The number of rotatable bonds is 5. The number of thioether (sulfide) groups is 1. The lowest BCUT2D eigenvalue weighted by Crippen LogP contribution is -2.23. The molecule has 3 aromatic rings. The maximum absolute atomic E-state index is 12.5. The van der Waals surface area contributed by atoms with Crippen molar-refractivity contribution < 1.29 is 4.79 Å². The Morgan fingerprint density at radius 3 is 2.69 bits per heavy atom. The number of aromatic nitrogens is 4. The van der Waals surface area contributed by atoms with Crippen molar-refractivity contribution in [2.75, 3.05) is 5.32 Å². The van der Waals surface area contributed by atoms with Gasteiger partial charge in [0.15, 0.2) is 10.3 Å². The number of carbonyl (C=O) groups excluding carboxylic acids is 1. The molecular formula is C18H18ClN5OS. The second-order valence-corrected chi connectivity index (χ2v) is 7.41. The maximum Gasteiger partial charge on any atom is 0.237 e. The highest BCUT2D eigenvalue weighted by Crippen LogP contribution is 2.28. The van der Waals surface area contributed by atoms with Crippen LogP contribution in [0.25, 0.3) is 5.69 Å². The van der Waals surface area contributed by atoms with E-state index in [4.69, 9.17) is 11.6 Å². The molecule has 3 rings (SSSR count). The lowest BCUT2D eigenvalue weighted by Gasteiger charge is -2.14. The third-order valence-electron chi connectivity index (χ3n) is 3.82. The largest absolute Gasteiger partial charge is 0.322 e. The molecule has 26 heavy (non-hydrogen) atoms. The second-order valence-electron chi connectivity index (χ2n) is 5.74. The van der Waals surface area contributed by atoms with Crippen LogP contribution in [-0.4, -0.2) is 30.9 Å². The number of anilines is 1. The van der Waals surface area contributed by atoms with Crippen molar-refractivity contribution in [3.05, 3.63) is 59.1 Å². The Morgan fingerprint density at radius 2 is 1.96 bits per heavy atom. The fourth-order valence-electron chi connectivity index (χ4n) is 2.44. The summed E-state index contributed by atoms with van der Waals surface area (Å²) < 4.78 is 1.96. The number of hydrogen-bond donors (Lipinski definition) is 1. The maximum atomic E-state index is 12.5. The van der Waals surface area contributed by atoms with Gasteiger partial charge in [0.1, 0.15) is 5.82 Å². The monoisotopic (exact) mass is 387 g/mol. The van der Waals surface area contributed by atoms with Crippen LogP contribution in [0.15, 0.2) is 47.8 Å². The van der Waals surface area contributed by atoms with Gasteiger partial charge >= 0.3 is 0 Å². The molecule has 1 N–H and O–H groups in total. The van der Waals surface area contributed by atoms with E-state index in [0.29, 0.717) is 10.8 Å². The topological polar surface area (TPSA) is 72.7 Å². The molecule has 0 aliphatic carbocycles. The molecule has 0 saturated heterocycles. The second kappa shape index (κ2) is 7.88. The van der Waals surface area contributed by atoms with E-state index in [9.17, 15) is 4.79 Å². The molecule has 0 saturated carbocycles. The first-order valence-electron chi connectivity index (χ1n) is 8.03. The molecule has 8 heteroatoms. The minimum Gasteiger partial charge on any atom is -0.322 e. The molecule has 1 atom stereocenters. The zero-order chi connectivity index (χ0) is 18.7. The van der Waals surface area contributed by atoms with Crippen LogP contribution >= 0.6 is 23.4 Å². The average Bonchev–Trinajstić information content (AvgIpc) is 2.97. The van der Waals surface area contributed by atoms with Crippen LogP contribution in [0.5, 0.6) is 0 Å². The van der Waals surface area contributed by atoms with E-state index in [2.05, 4.69) is 20.5 Å². The highest BCUT2D eigenvalue weighted by Gasteiger charge is 2.21. The van der Waals surface area contributed by atoms with Crippen LogP contribution in [0.1, 0.15) is 18.3 Å². The number of carbonyl (C=O) groups is 1. The van der Waals surface area contributed by atoms with Crippen LogP contribution in [0.2, 0.25) is 5.15 Å². The number of para-hydroxylation sites is 1. The molecule has 1 amide bonds. The Bertz CT molecular complexity index is 943. The molecule has 2 aromatic heterocycles. The zero-order valence-corrected chi connectivity index (χ0v) is 16.2. The summed E-state index contributed by atoms with van der Waals surface area (Å²) in [6.45, 7) is 5.74. The summed E-state index contributed by atoms with van der Waals surface area (Å²) in [7, 11) is 0. The average molecular weight is 388 g/mol. The van der Waals surface area contributed by atoms with Gasteiger partial charge < -0.3 is 5.32 Å². The van der Waals surface area contributed by atoms with Gasteiger partial charge in [-0.05, 0) is 44.5 Å². The minimum atomic E-state index is -0.391. The molecule has 2 heterocycles. The number of benzene rings is 1. The Morgan fingerprint density at radius 1 is 1.19 bits per heavy atom. The van der Waals surface area contributed by atoms with E-state index < -0.39 is 5.25 Å². The number of pyridine rings is 1. The number of amides is 1. The van der Waals surface area contributed by atoms with Crippen LogP contribution in [0.4, 0.5) is 5.69 Å². The Kier molecular flexibility index (Phi) is 5.58. The van der Waals surface area contributed by atoms with Crippen molar-refractivity contribution in [2.24, 2.45) is 0 Å². The Hall–Kier alpha value is -2.38. The van der Waals surface area contributed by atoms with Crippen molar-refractivity contribution in [1.82, 2.24) is 19.7 Å². The summed E-state index contributed by atoms with van der Waals surface area (Å²) in [5.41, 5.74) is 2.60. The zero-order valence-electron chi connectivity index (χ0n) is 14.6. The van der Waals surface area contributed by atoms with Crippen LogP contribution in [-0.2, 0) is 4.79 Å². The van der Waals surface area contributed by atoms with Gasteiger partial charge in [-0.15, -0.1) is 10.2 Å². The number of aryl methyl sites for hydroxylation is 2. The van der Waals surface area contributed by atoms with Gasteiger partial charge in [-0.1, -0.05) is 41.6 Å². The predicted molar refractivity (Wildman–Crippen MR) is 104 cm³/mol. The van der Waals surface area contributed by atoms with Crippen molar-refractivity contribution in [3.8, 4) is 5.69 Å². The lowest BCUT2D eigenvalue weighted by atomic mass is 10.2. The summed E-state index contributed by atoms with van der Waals surface area (Å²) >= 11 is 7.34. The summed E-state index contributed by atoms with van der Waals surface area (Å²) in [4.78, 5) is 16.5. The first kappa shape index (κ1) is 18.4. The van der Waals surface area contributed by atoms with Crippen molar-refractivity contribution in [2.45, 2.75) is 31.2 Å². The van der Waals surface area contributed by atoms with Crippen molar-refractivity contribution in [3.63, 3.8) is 0 Å². The van der Waals surface area contributed by atoms with E-state index in [1.807, 2.05) is 49.6 Å². The molecule has 0 radical (unpaired) electrons. The molecule has 1 unspecified atom stereocenters. The Balaban J connectivity index is 1.80. The minimum absolute atomic E-state index is 0.179. The molecule has 134 valence electrons. The van der Waals surface area contributed by atoms with Gasteiger partial charge in [0, 0.05) is 6.20 Å². The molecule has 0 fully saturated rings. The number of halogens is 1. The quantitative estimate of drug-likeness (QED) is 0.528. The third kappa shape index (κ3) is 3.89. The van der Waals surface area contributed by atoms with E-state index >= 15 is 0 Å². The van der Waals surface area contributed by atoms with Crippen LogP contribution in [0, 0.1) is 13.8 Å². The fourth-order valence-corrected chi connectivity index (χ4v) is 3.51. The van der Waals surface area contributed by atoms with E-state index in [1.54, 1.807) is 18.3 Å². The summed E-state index contributed by atoms with van der Waals surface area (Å²) in [6.07, 6.45) is 1.57.